The summed E-state index contributed by atoms with van der Waals surface area (Å²) in [5, 5.41) is 9.41. The van der Waals surface area contributed by atoms with Gasteiger partial charge in [0.2, 0.25) is 0 Å². The number of nitrogens with zero attached hydrogens (tertiary/aromatic N) is 2. The van der Waals surface area contributed by atoms with Crippen molar-refractivity contribution in [2.24, 2.45) is 0 Å². The Morgan fingerprint density at radius 3 is 2.83 bits per heavy atom. The molecule has 0 aliphatic carbocycles. The SMILES string of the molecule is CCN1Cc2cc(-c3ccccc3F)ccc2[C@@H]1CCc1cnccc1C(=O)O. The number of benzene rings is 2. The molecule has 0 radical (unpaired) electrons. The molecule has 1 aliphatic heterocycles. The number of carbonyl (C=O) groups is 1. The van der Waals surface area contributed by atoms with Gasteiger partial charge in [0.1, 0.15) is 5.82 Å². The first-order valence-electron chi connectivity index (χ1n) is 9.86. The Morgan fingerprint density at radius 1 is 1.24 bits per heavy atom. The van der Waals surface area contributed by atoms with Crippen LogP contribution in [0.3, 0.4) is 0 Å². The number of rotatable bonds is 6. The van der Waals surface area contributed by atoms with Crippen LogP contribution in [-0.2, 0) is 13.0 Å². The van der Waals surface area contributed by atoms with E-state index in [-0.39, 0.29) is 11.9 Å². The first-order chi connectivity index (χ1) is 14.1. The van der Waals surface area contributed by atoms with Crippen molar-refractivity contribution in [2.45, 2.75) is 32.4 Å². The molecule has 1 atom stereocenters. The van der Waals surface area contributed by atoms with Gasteiger partial charge in [-0.3, -0.25) is 9.88 Å². The molecule has 4 rings (SSSR count). The smallest absolute Gasteiger partial charge is 0.336 e. The van der Waals surface area contributed by atoms with Crippen LogP contribution in [0, 0.1) is 5.82 Å². The summed E-state index contributed by atoms with van der Waals surface area (Å²) >= 11 is 0. The molecular formula is C24H23FN2O2. The predicted octanol–water partition coefficient (Wildman–Crippen LogP) is 5.10. The lowest BCUT2D eigenvalue weighted by atomic mass is 9.94. The fraction of sp³-hybridized carbons (Fsp3) is 0.250. The minimum Gasteiger partial charge on any atom is -0.478 e. The second kappa shape index (κ2) is 8.13. The molecule has 0 spiro atoms. The molecule has 4 nitrogen and oxygen atoms in total. The predicted molar refractivity (Wildman–Crippen MR) is 110 cm³/mol. The van der Waals surface area contributed by atoms with Crippen LogP contribution in [0.4, 0.5) is 4.39 Å². The van der Waals surface area contributed by atoms with Gasteiger partial charge in [0, 0.05) is 30.5 Å². The highest BCUT2D eigenvalue weighted by Gasteiger charge is 2.29. The molecule has 29 heavy (non-hydrogen) atoms. The standard InChI is InChI=1S/C24H23FN2O2/c1-2-27-15-18-13-16(19-5-3-4-6-22(19)25)7-9-20(18)23(27)10-8-17-14-26-12-11-21(17)24(28)29/h3-7,9,11-14,23H,2,8,10,15H2,1H3,(H,28,29)/t23-/m0/s1. The van der Waals surface area contributed by atoms with Crippen LogP contribution in [-0.4, -0.2) is 27.5 Å². The molecular weight excluding hydrogens is 367 g/mol. The van der Waals surface area contributed by atoms with Crippen LogP contribution in [0.25, 0.3) is 11.1 Å². The average Bonchev–Trinajstić information content (AvgIpc) is 3.09. The van der Waals surface area contributed by atoms with Gasteiger partial charge in [-0.1, -0.05) is 37.3 Å². The summed E-state index contributed by atoms with van der Waals surface area (Å²) in [6, 6.07) is 14.8. The van der Waals surface area contributed by atoms with E-state index in [0.29, 0.717) is 17.5 Å². The van der Waals surface area contributed by atoms with Gasteiger partial charge in [-0.15, -0.1) is 0 Å². The molecule has 0 saturated heterocycles. The van der Waals surface area contributed by atoms with Crippen molar-refractivity contribution in [3.8, 4) is 11.1 Å². The molecule has 0 fully saturated rings. The molecule has 148 valence electrons. The second-order valence-corrected chi connectivity index (χ2v) is 7.35. The van der Waals surface area contributed by atoms with Gasteiger partial charge in [0.05, 0.1) is 5.56 Å². The third-order valence-corrected chi connectivity index (χ3v) is 5.73. The minimum atomic E-state index is -0.920. The van der Waals surface area contributed by atoms with E-state index in [2.05, 4.69) is 28.9 Å². The molecule has 0 bridgehead atoms. The van der Waals surface area contributed by atoms with Crippen molar-refractivity contribution < 1.29 is 14.3 Å². The minimum absolute atomic E-state index is 0.214. The van der Waals surface area contributed by atoms with E-state index in [1.165, 1.54) is 23.4 Å². The van der Waals surface area contributed by atoms with Crippen LogP contribution in [0.5, 0.6) is 0 Å². The number of aromatic nitrogens is 1. The van der Waals surface area contributed by atoms with E-state index in [9.17, 15) is 14.3 Å². The number of pyridine rings is 1. The molecule has 0 saturated carbocycles. The van der Waals surface area contributed by atoms with E-state index < -0.39 is 5.97 Å². The van der Waals surface area contributed by atoms with Gasteiger partial charge in [-0.2, -0.15) is 0 Å². The van der Waals surface area contributed by atoms with Crippen molar-refractivity contribution in [3.05, 3.63) is 89.0 Å². The average molecular weight is 390 g/mol. The van der Waals surface area contributed by atoms with E-state index >= 15 is 0 Å². The maximum Gasteiger partial charge on any atom is 0.336 e. The van der Waals surface area contributed by atoms with Gasteiger partial charge in [-0.05, 0) is 59.8 Å². The number of fused-ring (bicyclic) bond motifs is 1. The first-order valence-corrected chi connectivity index (χ1v) is 9.86. The third-order valence-electron chi connectivity index (χ3n) is 5.73. The Labute approximate surface area is 169 Å². The Morgan fingerprint density at radius 2 is 2.07 bits per heavy atom. The molecule has 1 aromatic heterocycles. The highest BCUT2D eigenvalue weighted by molar-refractivity contribution is 5.89. The number of halogens is 1. The molecule has 1 N–H and O–H groups in total. The van der Waals surface area contributed by atoms with Crippen LogP contribution in [0.2, 0.25) is 0 Å². The van der Waals surface area contributed by atoms with Gasteiger partial charge in [0.15, 0.2) is 0 Å². The third kappa shape index (κ3) is 3.78. The van der Waals surface area contributed by atoms with Crippen LogP contribution in [0.1, 0.15) is 46.4 Å². The Hall–Kier alpha value is -3.05. The highest BCUT2D eigenvalue weighted by atomic mass is 19.1. The lowest BCUT2D eigenvalue weighted by Crippen LogP contribution is -2.22. The van der Waals surface area contributed by atoms with E-state index in [0.717, 1.165) is 30.6 Å². The number of carboxylic acids is 1. The summed E-state index contributed by atoms with van der Waals surface area (Å²) in [5.41, 5.74) is 5.03. The molecule has 0 amide bonds. The van der Waals surface area contributed by atoms with Crippen LogP contribution >= 0.6 is 0 Å². The first kappa shape index (κ1) is 19.3. The van der Waals surface area contributed by atoms with Crippen molar-refractivity contribution >= 4 is 5.97 Å². The normalized spacial score (nSPS) is 16.0. The number of hydrogen-bond donors (Lipinski definition) is 1. The molecule has 2 heterocycles. The zero-order valence-electron chi connectivity index (χ0n) is 16.3. The Bertz CT molecular complexity index is 1050. The summed E-state index contributed by atoms with van der Waals surface area (Å²) in [7, 11) is 0. The summed E-state index contributed by atoms with van der Waals surface area (Å²) in [6.45, 7) is 3.84. The fourth-order valence-corrected chi connectivity index (χ4v) is 4.25. The van der Waals surface area contributed by atoms with Crippen molar-refractivity contribution in [2.75, 3.05) is 6.54 Å². The van der Waals surface area contributed by atoms with Crippen molar-refractivity contribution in [1.29, 1.82) is 0 Å². The molecule has 0 unspecified atom stereocenters. The number of aryl methyl sites for hydroxylation is 1. The lowest BCUT2D eigenvalue weighted by Gasteiger charge is -2.23. The molecule has 2 aromatic carbocycles. The molecule has 1 aliphatic rings. The zero-order chi connectivity index (χ0) is 20.4. The Kier molecular flexibility index (Phi) is 5.41. The maximum atomic E-state index is 14.2. The summed E-state index contributed by atoms with van der Waals surface area (Å²) < 4.78 is 14.2. The summed E-state index contributed by atoms with van der Waals surface area (Å²) in [4.78, 5) is 17.9. The summed E-state index contributed by atoms with van der Waals surface area (Å²) in [6.07, 6.45) is 4.62. The second-order valence-electron chi connectivity index (χ2n) is 7.35. The van der Waals surface area contributed by atoms with Gasteiger partial charge in [0.25, 0.3) is 0 Å². The van der Waals surface area contributed by atoms with Gasteiger partial charge >= 0.3 is 5.97 Å². The zero-order valence-corrected chi connectivity index (χ0v) is 16.3. The maximum absolute atomic E-state index is 14.2. The molecule has 5 heteroatoms. The summed E-state index contributed by atoms with van der Waals surface area (Å²) in [5.74, 6) is -1.14. The number of carboxylic acid groups (broad SMARTS) is 1. The van der Waals surface area contributed by atoms with Crippen LogP contribution < -0.4 is 0 Å². The number of aromatic carboxylic acids is 1. The fourth-order valence-electron chi connectivity index (χ4n) is 4.25. The monoisotopic (exact) mass is 390 g/mol. The lowest BCUT2D eigenvalue weighted by molar-refractivity contribution is 0.0695. The van der Waals surface area contributed by atoms with Crippen molar-refractivity contribution in [3.63, 3.8) is 0 Å². The van der Waals surface area contributed by atoms with Crippen molar-refractivity contribution in [1.82, 2.24) is 9.88 Å². The Balaban J connectivity index is 1.60. The quantitative estimate of drug-likeness (QED) is 0.637. The topological polar surface area (TPSA) is 53.4 Å². The largest absolute Gasteiger partial charge is 0.478 e. The van der Waals surface area contributed by atoms with Gasteiger partial charge in [-0.25, -0.2) is 9.18 Å². The van der Waals surface area contributed by atoms with Crippen LogP contribution in [0.15, 0.2) is 60.9 Å². The molecule has 3 aromatic rings. The number of hydrogen-bond acceptors (Lipinski definition) is 3. The van der Waals surface area contributed by atoms with E-state index in [4.69, 9.17) is 0 Å². The van der Waals surface area contributed by atoms with E-state index in [1.54, 1.807) is 24.4 Å². The van der Waals surface area contributed by atoms with Gasteiger partial charge < -0.3 is 5.11 Å². The highest BCUT2D eigenvalue weighted by Crippen LogP contribution is 2.39. The van der Waals surface area contributed by atoms with E-state index in [1.807, 2.05) is 12.1 Å².